The van der Waals surface area contributed by atoms with Crippen LogP contribution in [-0.4, -0.2) is 53.6 Å². The van der Waals surface area contributed by atoms with Crippen LogP contribution in [0.2, 0.25) is 0 Å². The predicted molar refractivity (Wildman–Crippen MR) is 95.9 cm³/mol. The Morgan fingerprint density at radius 3 is 2.38 bits per heavy atom. The Hall–Kier alpha value is -2.21. The predicted octanol–water partition coefficient (Wildman–Crippen LogP) is 1.74. The molecule has 1 aromatic carbocycles. The molecule has 2 aromatic rings. The number of aryl methyl sites for hydroxylation is 1. The number of amides is 1. The Labute approximate surface area is 148 Å². The van der Waals surface area contributed by atoms with Gasteiger partial charge in [0.15, 0.2) is 0 Å². The second-order valence-corrected chi connectivity index (χ2v) is 5.73. The molecular weight excluding hydrogens is 328 g/mol. The van der Waals surface area contributed by atoms with Crippen molar-refractivity contribution in [2.45, 2.75) is 6.42 Å². The highest BCUT2D eigenvalue weighted by molar-refractivity contribution is 5.85. The lowest BCUT2D eigenvalue weighted by atomic mass is 10.1. The molecule has 3 rings (SSSR count). The number of halogens is 1. The Balaban J connectivity index is 0.00000208. The van der Waals surface area contributed by atoms with E-state index < -0.39 is 0 Å². The van der Waals surface area contributed by atoms with E-state index in [4.69, 9.17) is 4.74 Å². The van der Waals surface area contributed by atoms with Crippen LogP contribution < -0.4 is 9.64 Å². The zero-order chi connectivity index (χ0) is 16.2. The molecule has 1 fully saturated rings. The number of methoxy groups -OCH3 is 1. The van der Waals surface area contributed by atoms with Crippen LogP contribution in [0.5, 0.6) is 5.75 Å². The topological polar surface area (TPSA) is 50.6 Å². The first-order valence-electron chi connectivity index (χ1n) is 7.80. The molecule has 0 spiro atoms. The third-order valence-corrected chi connectivity index (χ3v) is 4.23. The molecule has 1 aromatic heterocycles. The highest BCUT2D eigenvalue weighted by Crippen LogP contribution is 2.15. The van der Waals surface area contributed by atoms with Gasteiger partial charge in [0.2, 0.25) is 11.9 Å². The van der Waals surface area contributed by atoms with Gasteiger partial charge in [-0.2, -0.15) is 0 Å². The fraction of sp³-hybridized carbons (Fsp3) is 0.412. The van der Waals surface area contributed by atoms with E-state index in [-0.39, 0.29) is 18.3 Å². The molecule has 130 valence electrons. The van der Waals surface area contributed by atoms with Gasteiger partial charge in [0.25, 0.3) is 0 Å². The molecule has 0 aliphatic carbocycles. The van der Waals surface area contributed by atoms with E-state index in [1.54, 1.807) is 13.3 Å². The molecule has 1 aliphatic heterocycles. The van der Waals surface area contributed by atoms with E-state index in [0.29, 0.717) is 6.42 Å². The summed E-state index contributed by atoms with van der Waals surface area (Å²) in [5.74, 6) is 1.95. The van der Waals surface area contributed by atoms with Crippen LogP contribution in [0.25, 0.3) is 0 Å². The molecule has 24 heavy (non-hydrogen) atoms. The van der Waals surface area contributed by atoms with Gasteiger partial charge in [0, 0.05) is 45.6 Å². The summed E-state index contributed by atoms with van der Waals surface area (Å²) in [6, 6.07) is 7.67. The Morgan fingerprint density at radius 2 is 1.83 bits per heavy atom. The van der Waals surface area contributed by atoms with Crippen molar-refractivity contribution in [2.24, 2.45) is 7.05 Å². The number of carbonyl (C=O) groups excluding carboxylic acids is 1. The van der Waals surface area contributed by atoms with Crippen molar-refractivity contribution in [1.82, 2.24) is 14.5 Å². The molecule has 1 saturated heterocycles. The highest BCUT2D eigenvalue weighted by Gasteiger charge is 2.22. The lowest BCUT2D eigenvalue weighted by Crippen LogP contribution is -2.49. The number of carbonyl (C=O) groups is 1. The van der Waals surface area contributed by atoms with Gasteiger partial charge in [-0.25, -0.2) is 4.98 Å². The number of rotatable bonds is 4. The van der Waals surface area contributed by atoms with Crippen LogP contribution >= 0.6 is 12.4 Å². The molecule has 0 atom stereocenters. The minimum atomic E-state index is 0. The number of hydrogen-bond acceptors (Lipinski definition) is 4. The second kappa shape index (κ2) is 8.06. The Kier molecular flexibility index (Phi) is 6.09. The zero-order valence-corrected chi connectivity index (χ0v) is 14.8. The monoisotopic (exact) mass is 350 g/mol. The molecule has 1 aliphatic rings. The van der Waals surface area contributed by atoms with Gasteiger partial charge in [0.05, 0.1) is 13.5 Å². The maximum absolute atomic E-state index is 12.4. The van der Waals surface area contributed by atoms with Crippen molar-refractivity contribution >= 4 is 24.3 Å². The Morgan fingerprint density at radius 1 is 1.17 bits per heavy atom. The number of piperazine rings is 1. The molecule has 7 heteroatoms. The van der Waals surface area contributed by atoms with E-state index in [1.165, 1.54) is 0 Å². The van der Waals surface area contributed by atoms with E-state index in [9.17, 15) is 4.79 Å². The van der Waals surface area contributed by atoms with E-state index >= 15 is 0 Å². The van der Waals surface area contributed by atoms with Crippen LogP contribution in [0.15, 0.2) is 36.7 Å². The molecular formula is C17H23ClN4O2. The maximum Gasteiger partial charge on any atom is 0.227 e. The molecule has 0 unspecified atom stereocenters. The van der Waals surface area contributed by atoms with Gasteiger partial charge < -0.3 is 19.1 Å². The SMILES string of the molecule is COc1ccc(CC(=O)N2CCN(c3nccn3C)CC2)cc1.Cl. The summed E-state index contributed by atoms with van der Waals surface area (Å²) in [5, 5.41) is 0. The average molecular weight is 351 g/mol. The van der Waals surface area contributed by atoms with Crippen LogP contribution in [0, 0.1) is 0 Å². The molecule has 0 saturated carbocycles. The summed E-state index contributed by atoms with van der Waals surface area (Å²) < 4.78 is 7.15. The van der Waals surface area contributed by atoms with Gasteiger partial charge in [0.1, 0.15) is 5.75 Å². The highest BCUT2D eigenvalue weighted by atomic mass is 35.5. The first-order chi connectivity index (χ1) is 11.2. The Bertz CT molecular complexity index is 663. The summed E-state index contributed by atoms with van der Waals surface area (Å²) >= 11 is 0. The van der Waals surface area contributed by atoms with Gasteiger partial charge >= 0.3 is 0 Å². The van der Waals surface area contributed by atoms with E-state index in [0.717, 1.165) is 43.4 Å². The van der Waals surface area contributed by atoms with Gasteiger partial charge in [-0.05, 0) is 17.7 Å². The molecule has 2 heterocycles. The zero-order valence-electron chi connectivity index (χ0n) is 14.0. The fourth-order valence-corrected chi connectivity index (χ4v) is 2.85. The third kappa shape index (κ3) is 4.00. The number of benzene rings is 1. The smallest absolute Gasteiger partial charge is 0.227 e. The molecule has 1 amide bonds. The summed E-state index contributed by atoms with van der Waals surface area (Å²) in [7, 11) is 3.63. The van der Waals surface area contributed by atoms with Gasteiger partial charge in [-0.1, -0.05) is 12.1 Å². The summed E-state index contributed by atoms with van der Waals surface area (Å²) in [4.78, 5) is 21.0. The standard InChI is InChI=1S/C17H22N4O2.ClH/c1-19-8-7-18-17(19)21-11-9-20(10-12-21)16(22)13-14-3-5-15(23-2)6-4-14;/h3-8H,9-13H2,1-2H3;1H. The number of imidazole rings is 1. The van der Waals surface area contributed by atoms with Gasteiger partial charge in [-0.3, -0.25) is 4.79 Å². The van der Waals surface area contributed by atoms with E-state index in [1.807, 2.05) is 47.0 Å². The lowest BCUT2D eigenvalue weighted by molar-refractivity contribution is -0.130. The van der Waals surface area contributed by atoms with Crippen LogP contribution in [0.1, 0.15) is 5.56 Å². The fourth-order valence-electron chi connectivity index (χ4n) is 2.85. The molecule has 6 nitrogen and oxygen atoms in total. The largest absolute Gasteiger partial charge is 0.497 e. The van der Waals surface area contributed by atoms with Crippen molar-refractivity contribution in [1.29, 1.82) is 0 Å². The minimum Gasteiger partial charge on any atom is -0.497 e. The number of aromatic nitrogens is 2. The normalized spacial score (nSPS) is 14.2. The summed E-state index contributed by atoms with van der Waals surface area (Å²) in [6.45, 7) is 3.11. The third-order valence-electron chi connectivity index (χ3n) is 4.23. The first-order valence-corrected chi connectivity index (χ1v) is 7.80. The van der Waals surface area contributed by atoms with Crippen molar-refractivity contribution in [2.75, 3.05) is 38.2 Å². The first kappa shape index (κ1) is 18.1. The quantitative estimate of drug-likeness (QED) is 0.843. The number of nitrogens with zero attached hydrogens (tertiary/aromatic N) is 4. The van der Waals surface area contributed by atoms with Crippen molar-refractivity contribution in [3.05, 3.63) is 42.2 Å². The average Bonchev–Trinajstić information content (AvgIpc) is 3.02. The lowest BCUT2D eigenvalue weighted by Gasteiger charge is -2.35. The van der Waals surface area contributed by atoms with Crippen LogP contribution in [0.3, 0.4) is 0 Å². The minimum absolute atomic E-state index is 0. The van der Waals surface area contributed by atoms with Crippen molar-refractivity contribution in [3.8, 4) is 5.75 Å². The molecule has 0 bridgehead atoms. The maximum atomic E-state index is 12.4. The van der Waals surface area contributed by atoms with Crippen molar-refractivity contribution < 1.29 is 9.53 Å². The number of anilines is 1. The van der Waals surface area contributed by atoms with E-state index in [2.05, 4.69) is 9.88 Å². The number of ether oxygens (including phenoxy) is 1. The number of hydrogen-bond donors (Lipinski definition) is 0. The van der Waals surface area contributed by atoms with Gasteiger partial charge in [-0.15, -0.1) is 12.4 Å². The van der Waals surface area contributed by atoms with Crippen LogP contribution in [-0.2, 0) is 18.3 Å². The second-order valence-electron chi connectivity index (χ2n) is 5.73. The van der Waals surface area contributed by atoms with Crippen LogP contribution in [0.4, 0.5) is 5.95 Å². The summed E-state index contributed by atoms with van der Waals surface area (Å²) in [6.07, 6.45) is 4.18. The summed E-state index contributed by atoms with van der Waals surface area (Å²) in [5.41, 5.74) is 1.02. The molecule has 0 N–H and O–H groups in total. The molecule has 0 radical (unpaired) electrons. The van der Waals surface area contributed by atoms with Crippen molar-refractivity contribution in [3.63, 3.8) is 0 Å².